The minimum Gasteiger partial charge on any atom is -0.441 e. The Morgan fingerprint density at radius 1 is 1.17 bits per heavy atom. The summed E-state index contributed by atoms with van der Waals surface area (Å²) in [6.07, 6.45) is 1.91. The summed E-state index contributed by atoms with van der Waals surface area (Å²) in [6.45, 7) is 1.64. The Morgan fingerprint density at radius 2 is 1.97 bits per heavy atom. The predicted octanol–water partition coefficient (Wildman–Crippen LogP) is 3.48. The van der Waals surface area contributed by atoms with Crippen LogP contribution in [0.5, 0.6) is 0 Å². The van der Waals surface area contributed by atoms with Gasteiger partial charge in [0.1, 0.15) is 17.3 Å². The van der Waals surface area contributed by atoms with E-state index in [1.165, 1.54) is 41.2 Å². The summed E-state index contributed by atoms with van der Waals surface area (Å²) >= 11 is 0. The molecule has 0 unspecified atom stereocenters. The van der Waals surface area contributed by atoms with Crippen molar-refractivity contribution in [1.82, 2.24) is 25.2 Å². The predicted molar refractivity (Wildman–Crippen MR) is 103 cm³/mol. The maximum absolute atomic E-state index is 14.1. The summed E-state index contributed by atoms with van der Waals surface area (Å²) in [5.74, 6) is 0.144. The summed E-state index contributed by atoms with van der Waals surface area (Å²) < 4.78 is 34.0. The van der Waals surface area contributed by atoms with Gasteiger partial charge in [0, 0.05) is 24.1 Å². The molecule has 4 rings (SSSR count). The fraction of sp³-hybridized carbons (Fsp3) is 0.150. The summed E-state index contributed by atoms with van der Waals surface area (Å²) in [7, 11) is 0. The Bertz CT molecular complexity index is 1190. The number of hydrogen-bond acceptors (Lipinski definition) is 6. The lowest BCUT2D eigenvalue weighted by Gasteiger charge is -2.08. The van der Waals surface area contributed by atoms with Crippen molar-refractivity contribution in [1.29, 1.82) is 0 Å². The zero-order valence-corrected chi connectivity index (χ0v) is 15.8. The Hall–Kier alpha value is -3.95. The lowest BCUT2D eigenvalue weighted by molar-refractivity contribution is -0.116. The van der Waals surface area contributed by atoms with E-state index in [-0.39, 0.29) is 30.3 Å². The highest BCUT2D eigenvalue weighted by molar-refractivity contribution is 5.91. The Morgan fingerprint density at radius 3 is 2.70 bits per heavy atom. The van der Waals surface area contributed by atoms with Crippen LogP contribution < -0.4 is 5.32 Å². The molecule has 0 atom stereocenters. The van der Waals surface area contributed by atoms with Gasteiger partial charge in [-0.2, -0.15) is 4.68 Å². The molecule has 0 saturated heterocycles. The molecule has 30 heavy (non-hydrogen) atoms. The van der Waals surface area contributed by atoms with Gasteiger partial charge in [-0.1, -0.05) is 0 Å². The van der Waals surface area contributed by atoms with Crippen molar-refractivity contribution >= 4 is 11.6 Å². The highest BCUT2D eigenvalue weighted by Crippen LogP contribution is 2.22. The molecule has 0 radical (unpaired) electrons. The van der Waals surface area contributed by atoms with Gasteiger partial charge in [0.2, 0.25) is 5.91 Å². The summed E-state index contributed by atoms with van der Waals surface area (Å²) in [5, 5.41) is 13.7. The summed E-state index contributed by atoms with van der Waals surface area (Å²) in [5.41, 5.74) is 1.23. The number of nitrogens with zero attached hydrogens (tertiary/aromatic N) is 5. The van der Waals surface area contributed by atoms with Crippen LogP contribution >= 0.6 is 0 Å². The monoisotopic (exact) mass is 410 g/mol. The van der Waals surface area contributed by atoms with E-state index >= 15 is 0 Å². The maximum Gasteiger partial charge on any atom is 0.224 e. The molecule has 2 aromatic heterocycles. The Labute approximate surface area is 169 Å². The zero-order chi connectivity index (χ0) is 21.1. The van der Waals surface area contributed by atoms with E-state index in [1.54, 1.807) is 19.1 Å². The normalized spacial score (nSPS) is 10.9. The molecule has 4 aromatic rings. The molecule has 2 heterocycles. The van der Waals surface area contributed by atoms with E-state index in [0.717, 1.165) is 0 Å². The Balaban J connectivity index is 1.39. The molecule has 1 amide bonds. The number of hydrogen-bond donors (Lipinski definition) is 1. The lowest BCUT2D eigenvalue weighted by Crippen LogP contribution is -2.13. The molecular formula is C20H16F2N6O2. The number of anilines is 1. The third-order valence-electron chi connectivity index (χ3n) is 4.33. The molecule has 0 aliphatic carbocycles. The minimum absolute atomic E-state index is 0.111. The molecule has 152 valence electrons. The second kappa shape index (κ2) is 8.19. The first kappa shape index (κ1) is 19.4. The van der Waals surface area contributed by atoms with Crippen molar-refractivity contribution in [2.75, 3.05) is 5.32 Å². The number of aromatic nitrogens is 5. The van der Waals surface area contributed by atoms with Crippen molar-refractivity contribution < 1.29 is 18.0 Å². The highest BCUT2D eigenvalue weighted by Gasteiger charge is 2.13. The van der Waals surface area contributed by atoms with Crippen LogP contribution in [0.25, 0.3) is 17.0 Å². The first-order chi connectivity index (χ1) is 14.5. The van der Waals surface area contributed by atoms with Crippen LogP contribution in [-0.2, 0) is 11.2 Å². The van der Waals surface area contributed by atoms with E-state index < -0.39 is 5.82 Å². The molecule has 0 aliphatic heterocycles. The molecular weight excluding hydrogens is 394 g/mol. The highest BCUT2D eigenvalue weighted by atomic mass is 19.1. The molecule has 10 heteroatoms. The SMILES string of the molecule is Cc1nnnn1-c1cc(NC(=O)CCc2ncc(-c3ccc(F)cc3)o2)ccc1F. The van der Waals surface area contributed by atoms with Crippen molar-refractivity contribution in [2.24, 2.45) is 0 Å². The Kier molecular flexibility index (Phi) is 5.29. The van der Waals surface area contributed by atoms with Crippen molar-refractivity contribution in [2.45, 2.75) is 19.8 Å². The first-order valence-electron chi connectivity index (χ1n) is 9.05. The van der Waals surface area contributed by atoms with E-state index in [9.17, 15) is 13.6 Å². The zero-order valence-electron chi connectivity index (χ0n) is 15.8. The average molecular weight is 410 g/mol. The minimum atomic E-state index is -0.517. The first-order valence-corrected chi connectivity index (χ1v) is 9.05. The number of oxazole rings is 1. The van der Waals surface area contributed by atoms with E-state index in [4.69, 9.17) is 4.42 Å². The van der Waals surface area contributed by atoms with Gasteiger partial charge in [-0.25, -0.2) is 13.8 Å². The second-order valence-corrected chi connectivity index (χ2v) is 6.48. The van der Waals surface area contributed by atoms with Gasteiger partial charge in [-0.3, -0.25) is 4.79 Å². The number of halogens is 2. The fourth-order valence-corrected chi connectivity index (χ4v) is 2.82. The van der Waals surface area contributed by atoms with Crippen molar-refractivity contribution in [3.8, 4) is 17.0 Å². The maximum atomic E-state index is 14.1. The number of amides is 1. The molecule has 0 spiro atoms. The number of tetrazole rings is 1. The van der Waals surface area contributed by atoms with Crippen LogP contribution in [0, 0.1) is 18.6 Å². The molecule has 0 saturated carbocycles. The van der Waals surface area contributed by atoms with Crippen LogP contribution in [0.3, 0.4) is 0 Å². The number of nitrogens with one attached hydrogen (secondary N) is 1. The molecule has 0 aliphatic rings. The topological polar surface area (TPSA) is 98.7 Å². The average Bonchev–Trinajstić information content (AvgIpc) is 3.38. The van der Waals surface area contributed by atoms with Crippen LogP contribution in [0.15, 0.2) is 53.1 Å². The van der Waals surface area contributed by atoms with Gasteiger partial charge >= 0.3 is 0 Å². The fourth-order valence-electron chi connectivity index (χ4n) is 2.82. The van der Waals surface area contributed by atoms with Gasteiger partial charge in [-0.15, -0.1) is 5.10 Å². The second-order valence-electron chi connectivity index (χ2n) is 6.48. The molecule has 8 nitrogen and oxygen atoms in total. The number of aryl methyl sites for hydroxylation is 2. The third-order valence-corrected chi connectivity index (χ3v) is 4.33. The van der Waals surface area contributed by atoms with Gasteiger partial charge in [0.15, 0.2) is 17.5 Å². The van der Waals surface area contributed by atoms with Crippen LogP contribution in [0.4, 0.5) is 14.5 Å². The number of carbonyl (C=O) groups excluding carboxylic acids is 1. The van der Waals surface area contributed by atoms with Crippen molar-refractivity contribution in [3.63, 3.8) is 0 Å². The van der Waals surface area contributed by atoms with Gasteiger partial charge in [-0.05, 0) is 59.8 Å². The van der Waals surface area contributed by atoms with Gasteiger partial charge in [0.25, 0.3) is 0 Å². The molecule has 2 aromatic carbocycles. The van der Waals surface area contributed by atoms with Gasteiger partial charge < -0.3 is 9.73 Å². The van der Waals surface area contributed by atoms with E-state index in [1.807, 2.05) is 0 Å². The molecule has 0 bridgehead atoms. The van der Waals surface area contributed by atoms with E-state index in [2.05, 4.69) is 25.8 Å². The van der Waals surface area contributed by atoms with Crippen LogP contribution in [0.2, 0.25) is 0 Å². The van der Waals surface area contributed by atoms with Gasteiger partial charge in [0.05, 0.1) is 6.20 Å². The standard InChI is InChI=1S/C20H16F2N6O2/c1-12-25-26-27-28(12)17-10-15(6-7-16(17)22)24-19(29)8-9-20-23-11-18(30-20)13-2-4-14(21)5-3-13/h2-7,10-11H,8-9H2,1H3,(H,24,29). The molecule has 0 fully saturated rings. The number of carbonyl (C=O) groups is 1. The number of rotatable bonds is 6. The quantitative estimate of drug-likeness (QED) is 0.523. The summed E-state index contributed by atoms with van der Waals surface area (Å²) in [4.78, 5) is 16.4. The third kappa shape index (κ3) is 4.22. The number of benzene rings is 2. The van der Waals surface area contributed by atoms with Crippen LogP contribution in [0.1, 0.15) is 18.1 Å². The van der Waals surface area contributed by atoms with Crippen molar-refractivity contribution in [3.05, 3.63) is 72.0 Å². The van der Waals surface area contributed by atoms with Crippen LogP contribution in [-0.4, -0.2) is 31.1 Å². The lowest BCUT2D eigenvalue weighted by atomic mass is 10.2. The summed E-state index contributed by atoms with van der Waals surface area (Å²) in [6, 6.07) is 9.98. The molecule has 1 N–H and O–H groups in total. The van der Waals surface area contributed by atoms with E-state index in [0.29, 0.717) is 28.7 Å². The smallest absolute Gasteiger partial charge is 0.224 e. The largest absolute Gasteiger partial charge is 0.441 e.